The molecule has 2 N–H and O–H groups in total. The molecule has 0 amide bonds. The smallest absolute Gasteiger partial charge is 0.336 e. The average molecular weight is 313 g/mol. The van der Waals surface area contributed by atoms with Gasteiger partial charge in [-0.2, -0.15) is 0 Å². The summed E-state index contributed by atoms with van der Waals surface area (Å²) in [4.78, 5) is 28.2. The fraction of sp³-hybridized carbons (Fsp3) is 0.389. The SMILES string of the molecule is CCOC(=O)C1=C(C)NC2=C(C(=O)CCC2)C1c1cccc[nH+]1. The summed E-state index contributed by atoms with van der Waals surface area (Å²) in [5.41, 5.74) is 3.75. The Hall–Kier alpha value is -2.43. The molecule has 1 unspecified atom stereocenters. The van der Waals surface area contributed by atoms with Crippen LogP contribution in [0.3, 0.4) is 0 Å². The van der Waals surface area contributed by atoms with Crippen LogP contribution in [0.5, 0.6) is 0 Å². The number of pyridine rings is 1. The molecular formula is C18H21N2O3+. The van der Waals surface area contributed by atoms with E-state index in [4.69, 9.17) is 4.74 Å². The second-order valence-electron chi connectivity index (χ2n) is 5.80. The molecule has 0 fully saturated rings. The van der Waals surface area contributed by atoms with Gasteiger partial charge >= 0.3 is 5.97 Å². The van der Waals surface area contributed by atoms with Crippen molar-refractivity contribution in [3.8, 4) is 0 Å². The van der Waals surface area contributed by atoms with E-state index >= 15 is 0 Å². The van der Waals surface area contributed by atoms with Gasteiger partial charge in [-0.15, -0.1) is 0 Å². The van der Waals surface area contributed by atoms with Gasteiger partial charge in [-0.1, -0.05) is 6.07 Å². The van der Waals surface area contributed by atoms with Crippen molar-refractivity contribution in [1.29, 1.82) is 0 Å². The predicted octanol–water partition coefficient (Wildman–Crippen LogP) is 2.03. The molecule has 0 aromatic carbocycles. The molecule has 23 heavy (non-hydrogen) atoms. The number of H-pyrrole nitrogens is 1. The molecule has 5 heteroatoms. The van der Waals surface area contributed by atoms with E-state index < -0.39 is 0 Å². The van der Waals surface area contributed by atoms with Crippen molar-refractivity contribution >= 4 is 11.8 Å². The number of carbonyl (C=O) groups is 2. The van der Waals surface area contributed by atoms with Gasteiger partial charge in [0.2, 0.25) is 0 Å². The van der Waals surface area contributed by atoms with Crippen molar-refractivity contribution in [1.82, 2.24) is 5.32 Å². The van der Waals surface area contributed by atoms with Crippen LogP contribution < -0.4 is 10.3 Å². The largest absolute Gasteiger partial charge is 0.463 e. The Morgan fingerprint density at radius 2 is 2.22 bits per heavy atom. The summed E-state index contributed by atoms with van der Waals surface area (Å²) in [6.45, 7) is 3.95. The van der Waals surface area contributed by atoms with Crippen LogP contribution in [-0.2, 0) is 14.3 Å². The van der Waals surface area contributed by atoms with Gasteiger partial charge in [0.15, 0.2) is 17.7 Å². The molecule has 2 aliphatic rings. The third-order valence-electron chi connectivity index (χ3n) is 4.32. The highest BCUT2D eigenvalue weighted by Gasteiger charge is 2.41. The number of aromatic nitrogens is 1. The quantitative estimate of drug-likeness (QED) is 0.867. The second kappa shape index (κ2) is 6.36. The Kier molecular flexibility index (Phi) is 4.28. The fourth-order valence-electron chi connectivity index (χ4n) is 3.36. The number of allylic oxidation sites excluding steroid dienone is 3. The zero-order valence-corrected chi connectivity index (χ0v) is 13.4. The van der Waals surface area contributed by atoms with Crippen LogP contribution in [-0.4, -0.2) is 18.4 Å². The third-order valence-corrected chi connectivity index (χ3v) is 4.32. The first-order valence-corrected chi connectivity index (χ1v) is 8.01. The molecule has 0 saturated carbocycles. The van der Waals surface area contributed by atoms with Crippen LogP contribution in [0.15, 0.2) is 46.9 Å². The molecule has 1 aliphatic heterocycles. The van der Waals surface area contributed by atoms with Gasteiger partial charge in [-0.3, -0.25) is 4.79 Å². The van der Waals surface area contributed by atoms with E-state index in [1.54, 1.807) is 6.92 Å². The molecule has 0 saturated heterocycles. The van der Waals surface area contributed by atoms with Gasteiger partial charge in [0.25, 0.3) is 0 Å². The molecule has 3 rings (SSSR count). The Balaban J connectivity index is 2.15. The molecular weight excluding hydrogens is 292 g/mol. The van der Waals surface area contributed by atoms with Gasteiger partial charge in [-0.05, 0) is 26.7 Å². The number of aromatic amines is 1. The second-order valence-corrected chi connectivity index (χ2v) is 5.80. The van der Waals surface area contributed by atoms with Crippen LogP contribution in [0.1, 0.15) is 44.7 Å². The highest BCUT2D eigenvalue weighted by atomic mass is 16.5. The number of rotatable bonds is 3. The van der Waals surface area contributed by atoms with E-state index in [-0.39, 0.29) is 17.7 Å². The highest BCUT2D eigenvalue weighted by Crippen LogP contribution is 2.41. The van der Waals surface area contributed by atoms with Crippen molar-refractivity contribution < 1.29 is 19.3 Å². The van der Waals surface area contributed by atoms with Gasteiger partial charge in [0.1, 0.15) is 5.92 Å². The molecule has 120 valence electrons. The zero-order chi connectivity index (χ0) is 16.4. The summed E-state index contributed by atoms with van der Waals surface area (Å²) < 4.78 is 5.23. The molecule has 1 atom stereocenters. The van der Waals surface area contributed by atoms with Crippen LogP contribution >= 0.6 is 0 Å². The van der Waals surface area contributed by atoms with Crippen molar-refractivity contribution in [3.63, 3.8) is 0 Å². The standard InChI is InChI=1S/C18H20N2O3/c1-3-23-18(22)15-11(2)20-13-8-6-9-14(21)16(13)17(15)12-7-4-5-10-19-12/h4-5,7,10,17,20H,3,6,8-9H2,1-2H3/p+1. The first kappa shape index (κ1) is 15.5. The lowest BCUT2D eigenvalue weighted by Crippen LogP contribution is -2.36. The Labute approximate surface area is 135 Å². The lowest BCUT2D eigenvalue weighted by atomic mass is 9.77. The summed E-state index contributed by atoms with van der Waals surface area (Å²) in [5.74, 6) is -0.653. The molecule has 2 heterocycles. The van der Waals surface area contributed by atoms with E-state index in [1.807, 2.05) is 31.3 Å². The molecule has 5 nitrogen and oxygen atoms in total. The van der Waals surface area contributed by atoms with E-state index in [0.29, 0.717) is 24.2 Å². The normalized spacial score (nSPS) is 21.0. The van der Waals surface area contributed by atoms with Crippen LogP contribution in [0.2, 0.25) is 0 Å². The topological polar surface area (TPSA) is 69.5 Å². The number of hydrogen-bond donors (Lipinski definition) is 1. The molecule has 1 aliphatic carbocycles. The molecule has 0 bridgehead atoms. The van der Waals surface area contributed by atoms with Crippen molar-refractivity contribution in [2.75, 3.05) is 6.61 Å². The fourth-order valence-corrected chi connectivity index (χ4v) is 3.36. The maximum atomic E-state index is 12.6. The van der Waals surface area contributed by atoms with E-state index in [9.17, 15) is 9.59 Å². The summed E-state index contributed by atoms with van der Waals surface area (Å²) >= 11 is 0. The molecule has 1 aromatic rings. The lowest BCUT2D eigenvalue weighted by Gasteiger charge is -2.32. The number of ketones is 1. The van der Waals surface area contributed by atoms with E-state index in [0.717, 1.165) is 29.9 Å². The number of nitrogens with one attached hydrogen (secondary N) is 2. The van der Waals surface area contributed by atoms with Crippen molar-refractivity contribution in [2.45, 2.75) is 39.0 Å². The summed E-state index contributed by atoms with van der Waals surface area (Å²) in [7, 11) is 0. The lowest BCUT2D eigenvalue weighted by molar-refractivity contribution is -0.391. The first-order chi connectivity index (χ1) is 11.1. The average Bonchev–Trinajstić information content (AvgIpc) is 2.54. The van der Waals surface area contributed by atoms with Crippen molar-refractivity contribution in [2.24, 2.45) is 0 Å². The van der Waals surface area contributed by atoms with Gasteiger partial charge in [-0.25, -0.2) is 9.78 Å². The van der Waals surface area contributed by atoms with Crippen LogP contribution in [0.4, 0.5) is 0 Å². The van der Waals surface area contributed by atoms with Gasteiger partial charge in [0.05, 0.1) is 12.2 Å². The van der Waals surface area contributed by atoms with Crippen molar-refractivity contribution in [3.05, 3.63) is 52.6 Å². The molecule has 0 radical (unpaired) electrons. The molecule has 0 spiro atoms. The first-order valence-electron chi connectivity index (χ1n) is 8.01. The minimum Gasteiger partial charge on any atom is -0.463 e. The zero-order valence-electron chi connectivity index (χ0n) is 13.4. The third kappa shape index (κ3) is 2.79. The van der Waals surface area contributed by atoms with Crippen LogP contribution in [0, 0.1) is 0 Å². The van der Waals surface area contributed by atoms with Gasteiger partial charge < -0.3 is 10.1 Å². The van der Waals surface area contributed by atoms with E-state index in [1.165, 1.54) is 0 Å². The summed E-state index contributed by atoms with van der Waals surface area (Å²) in [6.07, 6.45) is 4.01. The Morgan fingerprint density at radius 3 is 2.91 bits per heavy atom. The Bertz CT molecular complexity index is 704. The summed E-state index contributed by atoms with van der Waals surface area (Å²) in [6, 6.07) is 5.69. The summed E-state index contributed by atoms with van der Waals surface area (Å²) in [5, 5.41) is 3.26. The number of esters is 1. The maximum absolute atomic E-state index is 12.6. The van der Waals surface area contributed by atoms with Gasteiger partial charge in [0, 0.05) is 35.5 Å². The molecule has 1 aromatic heterocycles. The Morgan fingerprint density at radius 1 is 1.39 bits per heavy atom. The minimum atomic E-state index is -0.390. The monoisotopic (exact) mass is 313 g/mol. The maximum Gasteiger partial charge on any atom is 0.336 e. The number of Topliss-reactive ketones (excluding diaryl/α,β-unsaturated/α-hetero) is 1. The number of carbonyl (C=O) groups excluding carboxylic acids is 2. The number of dihydropyridines is 1. The van der Waals surface area contributed by atoms with E-state index in [2.05, 4.69) is 10.3 Å². The highest BCUT2D eigenvalue weighted by molar-refractivity contribution is 6.03. The minimum absolute atomic E-state index is 0.107. The number of ether oxygens (including phenoxy) is 1. The van der Waals surface area contributed by atoms with Crippen LogP contribution in [0.25, 0.3) is 0 Å². The number of hydrogen-bond acceptors (Lipinski definition) is 4. The predicted molar refractivity (Wildman–Crippen MR) is 84.1 cm³/mol.